The van der Waals surface area contributed by atoms with Crippen LogP contribution in [0.1, 0.15) is 0 Å². The van der Waals surface area contributed by atoms with Gasteiger partial charge in [0.25, 0.3) is 0 Å². The molecule has 0 aliphatic rings. The number of furan rings is 4. The van der Waals surface area contributed by atoms with E-state index in [1.54, 1.807) is 0 Å². The van der Waals surface area contributed by atoms with E-state index in [2.05, 4.69) is 315 Å². The minimum atomic E-state index is 0.828. The van der Waals surface area contributed by atoms with E-state index in [1.807, 2.05) is 145 Å². The Morgan fingerprint density at radius 3 is 0.804 bits per heavy atom. The summed E-state index contributed by atoms with van der Waals surface area (Å²) in [5.41, 5.74) is 25.9. The molecule has 0 amide bonds. The zero-order valence-electron chi connectivity index (χ0n) is 76.4. The second-order valence-electron chi connectivity index (χ2n) is 37.2. The molecule has 0 aliphatic carbocycles. The number of rotatable bonds is 7. The average Bonchev–Trinajstić information content (AvgIpc) is 1.61. The van der Waals surface area contributed by atoms with Crippen LogP contribution in [0.4, 0.5) is 0 Å². The molecule has 0 atom stereocenters. The van der Waals surface area contributed by atoms with Crippen LogP contribution in [0.2, 0.25) is 0 Å². The molecule has 0 unspecified atom stereocenters. The number of para-hydroxylation sites is 10. The first-order chi connectivity index (χ1) is 70.8. The average molecular weight is 1840 g/mol. The number of nitrogens with zero attached hydrogens (tertiary/aromatic N) is 6. The predicted molar refractivity (Wildman–Crippen MR) is 596 cm³/mol. The van der Waals surface area contributed by atoms with Crippen molar-refractivity contribution in [2.45, 2.75) is 0 Å². The minimum absolute atomic E-state index is 0.828. The Hall–Kier alpha value is -18.9. The molecular weight excluding hydrogens is 1770 g/mol. The van der Waals surface area contributed by atoms with E-state index in [1.165, 1.54) is 107 Å². The molecule has 0 bridgehead atoms. The van der Waals surface area contributed by atoms with Gasteiger partial charge in [0, 0.05) is 113 Å². The molecule has 0 radical (unpaired) electrons. The maximum Gasteiger partial charge on any atom is 0.143 e. The second-order valence-corrected chi connectivity index (χ2v) is 38.2. The van der Waals surface area contributed by atoms with E-state index in [0.29, 0.717) is 0 Å². The number of fused-ring (bicyclic) bond motifs is 36. The fourth-order valence-corrected chi connectivity index (χ4v) is 23.5. The highest BCUT2D eigenvalue weighted by Gasteiger charge is 2.25. The van der Waals surface area contributed by atoms with E-state index in [4.69, 9.17) is 47.6 Å². The fourth-order valence-electron chi connectivity index (χ4n) is 22.3. The molecule has 143 heavy (non-hydrogen) atoms. The lowest BCUT2D eigenvalue weighted by atomic mass is 9.93. The van der Waals surface area contributed by atoms with Crippen LogP contribution in [-0.4, -0.2) is 29.9 Å². The summed E-state index contributed by atoms with van der Waals surface area (Å²) in [6, 6.07) is 158. The lowest BCUT2D eigenvalue weighted by Gasteiger charge is -2.13. The molecule has 24 aromatic carbocycles. The van der Waals surface area contributed by atoms with Gasteiger partial charge in [-0.2, -0.15) is 0 Å². The Balaban J connectivity index is 0.000000100. The van der Waals surface area contributed by atoms with E-state index < -0.39 is 0 Å². The molecule has 11 heteroatoms. The van der Waals surface area contributed by atoms with Crippen molar-refractivity contribution in [3.8, 4) is 78.7 Å². The monoisotopic (exact) mass is 1840 g/mol. The molecule has 0 spiro atoms. The van der Waals surface area contributed by atoms with Gasteiger partial charge in [0.1, 0.15) is 44.7 Å². The normalized spacial score (nSPS) is 12.1. The van der Waals surface area contributed by atoms with Gasteiger partial charge in [-0.25, -0.2) is 29.9 Å². The SMILES string of the molecule is c1ccc(-c2ccc(-c3nc4ccccc4nc3-c3ccc4c(ccc5ccc6c(ccc7c8ccccc8oc76)c54)c3)cc2)cc1.c1ccc2nc(-c3ccc4c(c3)oc3ccccc34)c(-c3ccc4c(ccc5ccc6c(ccc7c8ccccc8oc76)c54)c3)nc2c1.c1ccc2nc(-c3ccc4c(c3)oc3ccccc34)c(-c3ccc4c(ccc5ccc6c(ccc7c8ccccc8sc76)c54)c3)nc2c1. The number of aromatic nitrogens is 6. The number of hydrogen-bond acceptors (Lipinski definition) is 11. The molecule has 0 saturated carbocycles. The highest BCUT2D eigenvalue weighted by atomic mass is 32.1. The quantitative estimate of drug-likeness (QED) is 0.142. The molecule has 0 aliphatic heterocycles. The maximum atomic E-state index is 6.42. The van der Waals surface area contributed by atoms with Crippen LogP contribution < -0.4 is 0 Å². The second kappa shape index (κ2) is 31.8. The molecular formula is C132H74N6O4S. The summed E-state index contributed by atoms with van der Waals surface area (Å²) in [6.45, 7) is 0. The highest BCUT2D eigenvalue weighted by molar-refractivity contribution is 7.26. The molecule has 8 heterocycles. The third kappa shape index (κ3) is 13.0. The summed E-state index contributed by atoms with van der Waals surface area (Å²) in [6.07, 6.45) is 0. The van der Waals surface area contributed by atoms with Crippen molar-refractivity contribution in [3.05, 3.63) is 449 Å². The summed E-state index contributed by atoms with van der Waals surface area (Å²) < 4.78 is 28.1. The van der Waals surface area contributed by atoms with Crippen molar-refractivity contribution in [2.75, 3.05) is 0 Å². The van der Waals surface area contributed by atoms with Crippen molar-refractivity contribution < 1.29 is 17.7 Å². The Bertz CT molecular complexity index is 10600. The summed E-state index contributed by atoms with van der Waals surface area (Å²) in [4.78, 5) is 31.2. The fraction of sp³-hybridized carbons (Fsp3) is 0. The van der Waals surface area contributed by atoms with E-state index in [-0.39, 0.29) is 0 Å². The molecule has 0 saturated heterocycles. The predicted octanol–water partition coefficient (Wildman–Crippen LogP) is 36.9. The van der Waals surface area contributed by atoms with Gasteiger partial charge in [-0.1, -0.05) is 315 Å². The largest absolute Gasteiger partial charge is 0.456 e. The van der Waals surface area contributed by atoms with Crippen molar-refractivity contribution in [3.63, 3.8) is 0 Å². The molecule has 662 valence electrons. The highest BCUT2D eigenvalue weighted by Crippen LogP contribution is 2.49. The van der Waals surface area contributed by atoms with Crippen molar-refractivity contribution >= 4 is 249 Å². The summed E-state index contributed by atoms with van der Waals surface area (Å²) >= 11 is 1.88. The molecule has 32 rings (SSSR count). The molecule has 0 fully saturated rings. The maximum absolute atomic E-state index is 6.42. The van der Waals surface area contributed by atoms with Crippen LogP contribution in [0.25, 0.3) is 317 Å². The van der Waals surface area contributed by atoms with Gasteiger partial charge in [-0.05, 0) is 225 Å². The topological polar surface area (TPSA) is 130 Å². The molecule has 0 N–H and O–H groups in total. The minimum Gasteiger partial charge on any atom is -0.456 e. The first kappa shape index (κ1) is 80.2. The Morgan fingerprint density at radius 1 is 0.147 bits per heavy atom. The molecule has 8 aromatic heterocycles. The smallest absolute Gasteiger partial charge is 0.143 e. The Kier molecular flexibility index (Phi) is 17.8. The summed E-state index contributed by atoms with van der Waals surface area (Å²) in [5.74, 6) is 0. The number of benzene rings is 24. The van der Waals surface area contributed by atoms with Crippen LogP contribution in [0, 0.1) is 0 Å². The van der Waals surface area contributed by atoms with Gasteiger partial charge in [-0.3, -0.25) is 0 Å². The Morgan fingerprint density at radius 2 is 0.392 bits per heavy atom. The first-order valence-electron chi connectivity index (χ1n) is 48.2. The zero-order chi connectivity index (χ0) is 93.6. The van der Waals surface area contributed by atoms with E-state index >= 15 is 0 Å². The van der Waals surface area contributed by atoms with Crippen molar-refractivity contribution in [1.29, 1.82) is 0 Å². The van der Waals surface area contributed by atoms with Crippen LogP contribution in [0.5, 0.6) is 0 Å². The molecule has 32 aromatic rings. The van der Waals surface area contributed by atoms with Crippen LogP contribution in [-0.2, 0) is 0 Å². The van der Waals surface area contributed by atoms with Gasteiger partial charge in [0.2, 0.25) is 0 Å². The first-order valence-corrected chi connectivity index (χ1v) is 49.0. The number of hydrogen-bond donors (Lipinski definition) is 0. The van der Waals surface area contributed by atoms with E-state index in [0.717, 1.165) is 210 Å². The van der Waals surface area contributed by atoms with Crippen molar-refractivity contribution in [1.82, 2.24) is 29.9 Å². The van der Waals surface area contributed by atoms with Crippen LogP contribution in [0.15, 0.2) is 467 Å². The zero-order valence-corrected chi connectivity index (χ0v) is 77.3. The lowest BCUT2D eigenvalue weighted by molar-refractivity contribution is 0.668. The third-order valence-electron chi connectivity index (χ3n) is 29.1. The lowest BCUT2D eigenvalue weighted by Crippen LogP contribution is -1.95. The number of thiophene rings is 1. The summed E-state index contributed by atoms with van der Waals surface area (Å²) in [7, 11) is 0. The van der Waals surface area contributed by atoms with Gasteiger partial charge < -0.3 is 17.7 Å². The standard InChI is InChI=1S/C44H24N2O2.C44H24N2OS.C44H26N2O/c1-5-11-38-30(7-1)32-19-17-28(24-40(32)47-38)43-42(45-36-9-3-4-10-37(36)46-43)27-16-18-29-26(23-27)14-13-25-15-20-35-33(41(25)29)21-22-34-31-8-2-6-12-39(31)48-44(34)35;1-5-11-38-30(7-1)31-19-17-28(24-39(31)47-38)43-42(45-36-9-3-4-10-37(36)46-43)27-16-18-29-26(23-27)14-13-25-15-20-35-33(41(25)29)21-22-34-32-8-2-6-12-40(32)48-44(34)35;1-2-8-27(9-3-1)28-14-17-30(18-15-28)42-43(46-39-12-6-5-11-38(39)45-42)32-21-22-33-31(26-32)19-16-29-20-23-37-35(41(29)33)24-25-36-34-10-4-7-13-40(34)47-44(36)37/h2*1-24H;1-26H. The van der Waals surface area contributed by atoms with Gasteiger partial charge >= 0.3 is 0 Å². The van der Waals surface area contributed by atoms with Crippen molar-refractivity contribution in [2.24, 2.45) is 0 Å². The van der Waals surface area contributed by atoms with Crippen LogP contribution >= 0.6 is 11.3 Å². The van der Waals surface area contributed by atoms with E-state index in [9.17, 15) is 0 Å². The molecule has 10 nitrogen and oxygen atoms in total. The van der Waals surface area contributed by atoms with Crippen LogP contribution in [0.3, 0.4) is 0 Å². The summed E-state index contributed by atoms with van der Waals surface area (Å²) in [5, 5.41) is 33.4. The third-order valence-corrected chi connectivity index (χ3v) is 30.3. The van der Waals surface area contributed by atoms with Gasteiger partial charge in [0.15, 0.2) is 0 Å². The van der Waals surface area contributed by atoms with Gasteiger partial charge in [-0.15, -0.1) is 11.3 Å². The van der Waals surface area contributed by atoms with Gasteiger partial charge in [0.05, 0.1) is 67.3 Å². The Labute approximate surface area is 818 Å².